The predicted molar refractivity (Wildman–Crippen MR) is 68.8 cm³/mol. The first kappa shape index (κ1) is 13.6. The highest BCUT2D eigenvalue weighted by atomic mass is 32.1. The predicted octanol–water partition coefficient (Wildman–Crippen LogP) is 2.51. The molecular weight excluding hydrogens is 220 g/mol. The molecule has 0 aliphatic rings. The maximum Gasteiger partial charge on any atom is 0.0798 e. The van der Waals surface area contributed by atoms with E-state index in [1.54, 1.807) is 11.3 Å². The zero-order chi connectivity index (χ0) is 12.0. The molecule has 2 atom stereocenters. The van der Waals surface area contributed by atoms with Crippen LogP contribution in [0.4, 0.5) is 0 Å². The highest BCUT2D eigenvalue weighted by Crippen LogP contribution is 2.20. The first-order valence-electron chi connectivity index (χ1n) is 5.89. The topological polar surface area (TPSA) is 45.2 Å². The third-order valence-corrected chi connectivity index (χ3v) is 3.93. The fourth-order valence-electron chi connectivity index (χ4n) is 1.68. The molecule has 0 fully saturated rings. The molecule has 0 bridgehead atoms. The van der Waals surface area contributed by atoms with Crippen LogP contribution < -0.4 is 5.32 Å². The van der Waals surface area contributed by atoms with Gasteiger partial charge in [-0.3, -0.25) is 0 Å². The molecule has 16 heavy (non-hydrogen) atoms. The smallest absolute Gasteiger partial charge is 0.0798 e. The van der Waals surface area contributed by atoms with Crippen LogP contribution in [0.5, 0.6) is 0 Å². The number of hydrogen-bond acceptors (Lipinski definition) is 4. The molecular formula is C12H22N2OS. The Morgan fingerprint density at radius 2 is 2.25 bits per heavy atom. The van der Waals surface area contributed by atoms with Crippen molar-refractivity contribution in [2.45, 2.75) is 39.7 Å². The summed E-state index contributed by atoms with van der Waals surface area (Å²) in [6.07, 6.45) is 2.20. The SMILES string of the molecule is Cc1ncsc1C(C)NCCCC(C)CO. The fourth-order valence-corrected chi connectivity index (χ4v) is 2.51. The first-order chi connectivity index (χ1) is 7.65. The van der Waals surface area contributed by atoms with Crippen LogP contribution in [0.15, 0.2) is 5.51 Å². The van der Waals surface area contributed by atoms with Crippen molar-refractivity contribution in [2.75, 3.05) is 13.2 Å². The van der Waals surface area contributed by atoms with Gasteiger partial charge in [0.05, 0.1) is 11.2 Å². The molecule has 2 unspecified atom stereocenters. The minimum Gasteiger partial charge on any atom is -0.396 e. The molecule has 2 N–H and O–H groups in total. The van der Waals surface area contributed by atoms with E-state index in [9.17, 15) is 0 Å². The third-order valence-electron chi connectivity index (χ3n) is 2.81. The fraction of sp³-hybridized carbons (Fsp3) is 0.750. The lowest BCUT2D eigenvalue weighted by Crippen LogP contribution is -2.20. The number of thiazole rings is 1. The number of aromatic nitrogens is 1. The normalized spacial score (nSPS) is 15.0. The van der Waals surface area contributed by atoms with Gasteiger partial charge in [-0.2, -0.15) is 0 Å². The van der Waals surface area contributed by atoms with E-state index in [0.29, 0.717) is 18.6 Å². The van der Waals surface area contributed by atoms with Gasteiger partial charge < -0.3 is 10.4 Å². The Labute approximate surface area is 102 Å². The van der Waals surface area contributed by atoms with Crippen molar-refractivity contribution in [3.05, 3.63) is 16.1 Å². The summed E-state index contributed by atoms with van der Waals surface area (Å²) in [6.45, 7) is 7.61. The van der Waals surface area contributed by atoms with Crippen LogP contribution in [-0.4, -0.2) is 23.2 Å². The lowest BCUT2D eigenvalue weighted by atomic mass is 10.1. The van der Waals surface area contributed by atoms with Crippen LogP contribution >= 0.6 is 11.3 Å². The summed E-state index contributed by atoms with van der Waals surface area (Å²) in [5, 5.41) is 12.4. The lowest BCUT2D eigenvalue weighted by Gasteiger charge is -2.13. The molecule has 1 heterocycles. The Bertz CT molecular complexity index is 301. The first-order valence-corrected chi connectivity index (χ1v) is 6.77. The zero-order valence-electron chi connectivity index (χ0n) is 10.4. The molecule has 1 rings (SSSR count). The van der Waals surface area contributed by atoms with Gasteiger partial charge in [-0.15, -0.1) is 11.3 Å². The maximum absolute atomic E-state index is 8.90. The van der Waals surface area contributed by atoms with Crippen LogP contribution in [0.3, 0.4) is 0 Å². The zero-order valence-corrected chi connectivity index (χ0v) is 11.2. The van der Waals surface area contributed by atoms with E-state index in [2.05, 4.69) is 31.1 Å². The Morgan fingerprint density at radius 3 is 2.81 bits per heavy atom. The molecule has 0 saturated heterocycles. The lowest BCUT2D eigenvalue weighted by molar-refractivity contribution is 0.227. The van der Waals surface area contributed by atoms with E-state index in [4.69, 9.17) is 5.11 Å². The van der Waals surface area contributed by atoms with E-state index in [-0.39, 0.29) is 0 Å². The van der Waals surface area contributed by atoms with Gasteiger partial charge in [-0.25, -0.2) is 4.98 Å². The number of aliphatic hydroxyl groups excluding tert-OH is 1. The van der Waals surface area contributed by atoms with Crippen LogP contribution in [-0.2, 0) is 0 Å². The molecule has 0 spiro atoms. The number of nitrogens with one attached hydrogen (secondary N) is 1. The molecule has 0 aliphatic carbocycles. The minimum atomic E-state index is 0.295. The Kier molecular flexibility index (Phi) is 5.95. The summed E-state index contributed by atoms with van der Waals surface area (Å²) in [6, 6.07) is 0.386. The number of aryl methyl sites for hydroxylation is 1. The number of aliphatic hydroxyl groups is 1. The van der Waals surface area contributed by atoms with Gasteiger partial charge in [0.25, 0.3) is 0 Å². The van der Waals surface area contributed by atoms with Gasteiger partial charge in [-0.1, -0.05) is 6.92 Å². The maximum atomic E-state index is 8.90. The molecule has 0 amide bonds. The third kappa shape index (κ3) is 4.20. The number of nitrogens with zero attached hydrogens (tertiary/aromatic N) is 1. The average Bonchev–Trinajstić information content (AvgIpc) is 2.70. The highest BCUT2D eigenvalue weighted by molar-refractivity contribution is 7.09. The molecule has 0 radical (unpaired) electrons. The number of rotatable bonds is 7. The molecule has 0 aromatic carbocycles. The molecule has 1 aromatic heterocycles. The van der Waals surface area contributed by atoms with Gasteiger partial charge in [0.15, 0.2) is 0 Å². The van der Waals surface area contributed by atoms with Crippen LogP contribution in [0.25, 0.3) is 0 Å². The minimum absolute atomic E-state index is 0.295. The van der Waals surface area contributed by atoms with Gasteiger partial charge in [-0.05, 0) is 39.2 Å². The van der Waals surface area contributed by atoms with Crippen molar-refractivity contribution in [3.8, 4) is 0 Å². The van der Waals surface area contributed by atoms with Crippen LogP contribution in [0, 0.1) is 12.8 Å². The number of hydrogen-bond donors (Lipinski definition) is 2. The van der Waals surface area contributed by atoms with Gasteiger partial charge in [0.1, 0.15) is 0 Å². The molecule has 3 nitrogen and oxygen atoms in total. The summed E-state index contributed by atoms with van der Waals surface area (Å²) in [7, 11) is 0. The van der Waals surface area contributed by atoms with E-state index < -0.39 is 0 Å². The summed E-state index contributed by atoms with van der Waals surface area (Å²) in [5.74, 6) is 0.419. The second-order valence-corrected chi connectivity index (χ2v) is 5.29. The monoisotopic (exact) mass is 242 g/mol. The summed E-state index contributed by atoms with van der Waals surface area (Å²) in [4.78, 5) is 5.58. The van der Waals surface area contributed by atoms with Crippen molar-refractivity contribution < 1.29 is 5.11 Å². The standard InChI is InChI=1S/C12H22N2OS/c1-9(7-15)5-4-6-13-10(2)12-11(3)14-8-16-12/h8-10,13,15H,4-7H2,1-3H3. The van der Waals surface area contributed by atoms with Gasteiger partial charge in [0.2, 0.25) is 0 Å². The van der Waals surface area contributed by atoms with E-state index in [1.165, 1.54) is 4.88 Å². The molecule has 0 aliphatic heterocycles. The molecule has 92 valence electrons. The average molecular weight is 242 g/mol. The van der Waals surface area contributed by atoms with Crippen molar-refractivity contribution in [1.82, 2.24) is 10.3 Å². The van der Waals surface area contributed by atoms with E-state index in [1.807, 2.05) is 5.51 Å². The highest BCUT2D eigenvalue weighted by Gasteiger charge is 2.09. The Balaban J connectivity index is 2.21. The molecule has 1 aromatic rings. The quantitative estimate of drug-likeness (QED) is 0.722. The van der Waals surface area contributed by atoms with Crippen molar-refractivity contribution in [3.63, 3.8) is 0 Å². The van der Waals surface area contributed by atoms with E-state index in [0.717, 1.165) is 25.1 Å². The van der Waals surface area contributed by atoms with Gasteiger partial charge in [0, 0.05) is 17.5 Å². The summed E-state index contributed by atoms with van der Waals surface area (Å²) in [5.41, 5.74) is 3.03. The van der Waals surface area contributed by atoms with Crippen molar-refractivity contribution in [2.24, 2.45) is 5.92 Å². The van der Waals surface area contributed by atoms with Crippen molar-refractivity contribution in [1.29, 1.82) is 0 Å². The van der Waals surface area contributed by atoms with Crippen LogP contribution in [0.1, 0.15) is 43.3 Å². The second kappa shape index (κ2) is 6.99. The molecule has 0 saturated carbocycles. The largest absolute Gasteiger partial charge is 0.396 e. The second-order valence-electron chi connectivity index (χ2n) is 4.41. The molecule has 4 heteroatoms. The van der Waals surface area contributed by atoms with Gasteiger partial charge >= 0.3 is 0 Å². The Morgan fingerprint density at radius 1 is 1.50 bits per heavy atom. The Hall–Kier alpha value is -0.450. The van der Waals surface area contributed by atoms with Crippen LogP contribution in [0.2, 0.25) is 0 Å². The van der Waals surface area contributed by atoms with E-state index >= 15 is 0 Å². The van der Waals surface area contributed by atoms with Crippen molar-refractivity contribution >= 4 is 11.3 Å². The summed E-state index contributed by atoms with van der Waals surface area (Å²) < 4.78 is 0. The summed E-state index contributed by atoms with van der Waals surface area (Å²) >= 11 is 1.71.